The zero-order valence-corrected chi connectivity index (χ0v) is 21.5. The molecule has 1 aliphatic heterocycles. The van der Waals surface area contributed by atoms with Crippen molar-refractivity contribution >= 4 is 5.97 Å². The Labute approximate surface area is 193 Å². The second-order valence-corrected chi connectivity index (χ2v) is 11.1. The molecule has 4 heteroatoms. The van der Waals surface area contributed by atoms with Gasteiger partial charge in [-0.25, -0.2) is 0 Å². The van der Waals surface area contributed by atoms with Crippen LogP contribution in [0.4, 0.5) is 0 Å². The van der Waals surface area contributed by atoms with Gasteiger partial charge >= 0.3 is 5.97 Å². The van der Waals surface area contributed by atoms with Gasteiger partial charge in [0.05, 0.1) is 19.1 Å². The van der Waals surface area contributed by atoms with E-state index in [0.717, 1.165) is 25.7 Å². The van der Waals surface area contributed by atoms with Crippen LogP contribution in [0.1, 0.15) is 130 Å². The van der Waals surface area contributed by atoms with Gasteiger partial charge in [0.2, 0.25) is 0 Å². The molecule has 0 aromatic heterocycles. The molecule has 1 fully saturated rings. The molecule has 0 saturated carbocycles. The molecule has 0 aliphatic carbocycles. The summed E-state index contributed by atoms with van der Waals surface area (Å²) in [5.41, 5.74) is -0.250. The second kappa shape index (κ2) is 14.5. The number of piperidine rings is 1. The number of hydrogen-bond acceptors (Lipinski definition) is 2. The third-order valence-electron chi connectivity index (χ3n) is 8.61. The summed E-state index contributed by atoms with van der Waals surface area (Å²) in [7, 11) is 1.84. The number of nitrogens with zero attached hydrogens (tertiary/aromatic N) is 1. The van der Waals surface area contributed by atoms with Crippen LogP contribution in [0.25, 0.3) is 0 Å². The molecule has 1 saturated heterocycles. The minimum atomic E-state index is -0.683. The van der Waals surface area contributed by atoms with E-state index in [9.17, 15) is 10.0 Å². The Kier molecular flexibility index (Phi) is 13.3. The van der Waals surface area contributed by atoms with E-state index in [1.165, 1.54) is 70.6 Å². The van der Waals surface area contributed by atoms with E-state index in [1.807, 2.05) is 7.05 Å². The predicted octanol–water partition coefficient (Wildman–Crippen LogP) is 7.94. The molecular weight excluding hydrogens is 386 g/mol. The van der Waals surface area contributed by atoms with Crippen LogP contribution in [0, 0.1) is 23.0 Å². The lowest BCUT2D eigenvalue weighted by molar-refractivity contribution is -0.922. The van der Waals surface area contributed by atoms with E-state index in [4.69, 9.17) is 5.11 Å². The fourth-order valence-electron chi connectivity index (χ4n) is 5.68. The third kappa shape index (κ3) is 9.82. The SMILES string of the molecule is CCCCCCCCCCCCC(CCCCC(=O)O)C1CC[N+](C)([O-])C(C)(C)C1C. The van der Waals surface area contributed by atoms with Crippen LogP contribution in [0.2, 0.25) is 0 Å². The standard InChI is InChI=1S/C27H53NO3/c1-6-7-8-9-10-11-12-13-14-15-18-24(19-16-17-20-26(29)30)25-21-22-28(5,31)27(3,4)23(25)2/h23-25H,6-22H2,1-5H3,(H,29,30). The van der Waals surface area contributed by atoms with E-state index in [1.54, 1.807) is 0 Å². The first-order chi connectivity index (χ1) is 14.6. The fraction of sp³-hybridized carbons (Fsp3) is 0.963. The number of likely N-dealkylation sites (tertiary alicyclic amines) is 1. The van der Waals surface area contributed by atoms with Crippen molar-refractivity contribution in [3.05, 3.63) is 5.21 Å². The summed E-state index contributed by atoms with van der Waals surface area (Å²) in [6.45, 7) is 9.58. The van der Waals surface area contributed by atoms with Crippen LogP contribution in [-0.4, -0.2) is 34.9 Å². The summed E-state index contributed by atoms with van der Waals surface area (Å²) in [4.78, 5) is 10.9. The number of quaternary nitrogens is 1. The maximum absolute atomic E-state index is 13.0. The molecule has 4 atom stereocenters. The molecule has 0 amide bonds. The summed E-state index contributed by atoms with van der Waals surface area (Å²) in [6.07, 6.45) is 19.1. The zero-order chi connectivity index (χ0) is 23.3. The summed E-state index contributed by atoms with van der Waals surface area (Å²) < 4.78 is -0.130. The first-order valence-electron chi connectivity index (χ1n) is 13.4. The smallest absolute Gasteiger partial charge is 0.303 e. The quantitative estimate of drug-likeness (QED) is 0.142. The van der Waals surface area contributed by atoms with E-state index in [0.29, 0.717) is 24.3 Å². The van der Waals surface area contributed by atoms with Gasteiger partial charge in [0.15, 0.2) is 0 Å². The van der Waals surface area contributed by atoms with Crippen LogP contribution in [0.3, 0.4) is 0 Å². The highest BCUT2D eigenvalue weighted by Crippen LogP contribution is 2.46. The Morgan fingerprint density at radius 1 is 0.968 bits per heavy atom. The molecule has 4 unspecified atom stereocenters. The van der Waals surface area contributed by atoms with Gasteiger partial charge in [0.25, 0.3) is 0 Å². The highest BCUT2D eigenvalue weighted by atomic mass is 16.5. The van der Waals surface area contributed by atoms with Crippen LogP contribution in [0.5, 0.6) is 0 Å². The molecule has 0 aromatic rings. The van der Waals surface area contributed by atoms with Crippen LogP contribution in [-0.2, 0) is 4.79 Å². The van der Waals surface area contributed by atoms with Crippen LogP contribution in [0.15, 0.2) is 0 Å². The number of carboxylic acid groups (broad SMARTS) is 1. The van der Waals surface area contributed by atoms with Crippen molar-refractivity contribution in [1.82, 2.24) is 0 Å². The van der Waals surface area contributed by atoms with Gasteiger partial charge in [-0.3, -0.25) is 4.79 Å². The summed E-state index contributed by atoms with van der Waals surface area (Å²) >= 11 is 0. The van der Waals surface area contributed by atoms with E-state index < -0.39 is 5.97 Å². The highest BCUT2D eigenvalue weighted by Gasteiger charge is 2.48. The van der Waals surface area contributed by atoms with Crippen LogP contribution < -0.4 is 0 Å². The lowest BCUT2D eigenvalue weighted by atomic mass is 9.66. The van der Waals surface area contributed by atoms with Gasteiger partial charge < -0.3 is 15.0 Å². The highest BCUT2D eigenvalue weighted by molar-refractivity contribution is 5.66. The fourth-order valence-corrected chi connectivity index (χ4v) is 5.68. The lowest BCUT2D eigenvalue weighted by Crippen LogP contribution is -2.64. The zero-order valence-electron chi connectivity index (χ0n) is 21.5. The number of aliphatic carboxylic acids is 1. The molecule has 0 bridgehead atoms. The van der Waals surface area contributed by atoms with Gasteiger partial charge in [-0.2, -0.15) is 0 Å². The second-order valence-electron chi connectivity index (χ2n) is 11.1. The van der Waals surface area contributed by atoms with Crippen molar-refractivity contribution in [2.24, 2.45) is 17.8 Å². The number of hydroxylamine groups is 3. The topological polar surface area (TPSA) is 60.4 Å². The van der Waals surface area contributed by atoms with Gasteiger partial charge in [-0.05, 0) is 32.1 Å². The maximum atomic E-state index is 13.0. The molecular formula is C27H53NO3. The first kappa shape index (κ1) is 28.4. The first-order valence-corrected chi connectivity index (χ1v) is 13.4. The summed E-state index contributed by atoms with van der Waals surface area (Å²) in [5.74, 6) is 0.949. The normalized spacial score (nSPS) is 26.6. The van der Waals surface area contributed by atoms with Crippen molar-refractivity contribution in [1.29, 1.82) is 0 Å². The number of rotatable bonds is 17. The van der Waals surface area contributed by atoms with Crippen LogP contribution >= 0.6 is 0 Å². The van der Waals surface area contributed by atoms with Crippen molar-refractivity contribution in [2.45, 2.75) is 136 Å². The average molecular weight is 440 g/mol. The van der Waals surface area contributed by atoms with E-state index in [-0.39, 0.29) is 16.6 Å². The van der Waals surface area contributed by atoms with Gasteiger partial charge in [-0.1, -0.05) is 97.3 Å². The van der Waals surface area contributed by atoms with Gasteiger partial charge in [0, 0.05) is 18.8 Å². The molecule has 1 heterocycles. The summed E-state index contributed by atoms with van der Waals surface area (Å²) in [6, 6.07) is 0. The number of carbonyl (C=O) groups is 1. The predicted molar refractivity (Wildman–Crippen MR) is 132 cm³/mol. The monoisotopic (exact) mass is 439 g/mol. The number of carboxylic acids is 1. The molecule has 1 N–H and O–H groups in total. The van der Waals surface area contributed by atoms with Crippen molar-refractivity contribution in [2.75, 3.05) is 13.6 Å². The van der Waals surface area contributed by atoms with E-state index >= 15 is 0 Å². The van der Waals surface area contributed by atoms with Gasteiger partial charge in [0.1, 0.15) is 0 Å². The number of unbranched alkanes of at least 4 members (excludes halogenated alkanes) is 10. The molecule has 1 aliphatic rings. The Morgan fingerprint density at radius 2 is 1.45 bits per heavy atom. The Morgan fingerprint density at radius 3 is 1.97 bits per heavy atom. The third-order valence-corrected chi connectivity index (χ3v) is 8.61. The largest absolute Gasteiger partial charge is 0.633 e. The lowest BCUT2D eigenvalue weighted by Gasteiger charge is -2.60. The average Bonchev–Trinajstić information content (AvgIpc) is 2.70. The minimum Gasteiger partial charge on any atom is -0.633 e. The Hall–Kier alpha value is -0.610. The van der Waals surface area contributed by atoms with Crippen molar-refractivity contribution in [3.8, 4) is 0 Å². The molecule has 0 radical (unpaired) electrons. The maximum Gasteiger partial charge on any atom is 0.303 e. The summed E-state index contributed by atoms with van der Waals surface area (Å²) in [5, 5.41) is 22.0. The number of hydrogen-bond donors (Lipinski definition) is 1. The van der Waals surface area contributed by atoms with E-state index in [2.05, 4.69) is 27.7 Å². The Balaban J connectivity index is 2.46. The molecule has 4 nitrogen and oxygen atoms in total. The van der Waals surface area contributed by atoms with Gasteiger partial charge in [-0.15, -0.1) is 0 Å². The molecule has 0 spiro atoms. The molecule has 31 heavy (non-hydrogen) atoms. The molecule has 1 rings (SSSR count). The van der Waals surface area contributed by atoms with Crippen molar-refractivity contribution in [3.63, 3.8) is 0 Å². The molecule has 184 valence electrons. The Bertz CT molecular complexity index is 489. The molecule has 0 aromatic carbocycles. The van der Waals surface area contributed by atoms with Crippen molar-refractivity contribution < 1.29 is 14.5 Å². The minimum absolute atomic E-state index is 0.130.